The summed E-state index contributed by atoms with van der Waals surface area (Å²) in [6.45, 7) is -0.736. The van der Waals surface area contributed by atoms with E-state index in [1.165, 1.54) is 0 Å². The Morgan fingerprint density at radius 2 is 1.08 bits per heavy atom. The van der Waals surface area contributed by atoms with Gasteiger partial charge >= 0.3 is 0 Å². The first-order valence-corrected chi connectivity index (χ1v) is 14.3. The standard InChI is InChI=1S/C33H26N3OP/c1-25-21-23-26(24-22-25)32(37)33(36-31-20-12-11-19-30(31)34-35-36)38(27-13-5-2-6-14-27,28-15-7-3-8-16-28)29-17-9-4-10-18-29/h2-24H,1H3. The quantitative estimate of drug-likeness (QED) is 0.216. The number of para-hydroxylation sites is 1. The maximum Gasteiger partial charge on any atom is 0.212 e. The van der Waals surface area contributed by atoms with Crippen molar-refractivity contribution in [2.75, 3.05) is 0 Å². The highest BCUT2D eigenvalue weighted by molar-refractivity contribution is 7.96. The van der Waals surface area contributed by atoms with Crippen molar-refractivity contribution in [3.63, 3.8) is 0 Å². The van der Waals surface area contributed by atoms with Crippen molar-refractivity contribution in [1.82, 2.24) is 15.0 Å². The van der Waals surface area contributed by atoms with Crippen molar-refractivity contribution in [1.29, 1.82) is 0 Å². The predicted molar refractivity (Wildman–Crippen MR) is 159 cm³/mol. The number of Topliss-reactive ketones (excluding diaryl/α,β-unsaturated/α-hetero) is 1. The van der Waals surface area contributed by atoms with E-state index in [1.807, 2.05) is 110 Å². The predicted octanol–water partition coefficient (Wildman–Crippen LogP) is 5.59. The molecule has 0 radical (unpaired) electrons. The fraction of sp³-hybridized carbons (Fsp3) is 0.0303. The monoisotopic (exact) mass is 511 g/mol. The molecule has 6 rings (SSSR count). The summed E-state index contributed by atoms with van der Waals surface area (Å²) >= 11 is 0. The minimum Gasteiger partial charge on any atom is -0.287 e. The molecule has 0 aliphatic rings. The second kappa shape index (κ2) is 10.1. The number of ketones is 1. The van der Waals surface area contributed by atoms with Gasteiger partial charge in [-0.25, -0.2) is 4.68 Å². The molecule has 0 saturated carbocycles. The van der Waals surface area contributed by atoms with Gasteiger partial charge in [0, 0.05) is 12.4 Å². The highest BCUT2D eigenvalue weighted by Crippen LogP contribution is 2.47. The largest absolute Gasteiger partial charge is 0.287 e. The van der Waals surface area contributed by atoms with E-state index in [9.17, 15) is 4.79 Å². The molecule has 0 aliphatic carbocycles. The number of aryl methyl sites for hydroxylation is 1. The van der Waals surface area contributed by atoms with Crippen LogP contribution in [-0.2, 0) is 0 Å². The molecule has 38 heavy (non-hydrogen) atoms. The highest BCUT2D eigenvalue weighted by Gasteiger charge is 2.36. The summed E-state index contributed by atoms with van der Waals surface area (Å²) in [5, 5.41) is 12.3. The lowest BCUT2D eigenvalue weighted by Crippen LogP contribution is -2.37. The van der Waals surface area contributed by atoms with Crippen LogP contribution < -0.4 is 15.9 Å². The molecule has 5 aromatic carbocycles. The third-order valence-electron chi connectivity index (χ3n) is 6.82. The molecule has 4 nitrogen and oxygen atoms in total. The average Bonchev–Trinajstić information content (AvgIpc) is 3.41. The van der Waals surface area contributed by atoms with Gasteiger partial charge in [0.1, 0.15) is 10.9 Å². The van der Waals surface area contributed by atoms with E-state index in [0.29, 0.717) is 11.0 Å². The van der Waals surface area contributed by atoms with Gasteiger partial charge in [-0.05, 0) is 35.0 Å². The number of fused-ring (bicyclic) bond motifs is 1. The van der Waals surface area contributed by atoms with Crippen molar-refractivity contribution < 1.29 is 4.79 Å². The molecular formula is C33H26N3OP. The van der Waals surface area contributed by atoms with Crippen LogP contribution in [0, 0.1) is 6.92 Å². The fourth-order valence-corrected chi connectivity index (χ4v) is 9.37. The molecule has 6 aromatic rings. The van der Waals surface area contributed by atoms with Gasteiger partial charge in [0.15, 0.2) is 0 Å². The number of aromatic nitrogens is 3. The Kier molecular flexibility index (Phi) is 6.33. The number of carbonyl (C=O) groups is 1. The number of hydrogen-bond acceptors (Lipinski definition) is 3. The van der Waals surface area contributed by atoms with Crippen molar-refractivity contribution >= 4 is 45.0 Å². The molecule has 1 heterocycles. The van der Waals surface area contributed by atoms with Crippen LogP contribution in [0.2, 0.25) is 0 Å². The van der Waals surface area contributed by atoms with Gasteiger partial charge in [-0.3, -0.25) is 4.79 Å². The Labute approximate surface area is 222 Å². The summed E-state index contributed by atoms with van der Waals surface area (Å²) in [6, 6.07) is 46.7. The van der Waals surface area contributed by atoms with Crippen LogP contribution in [-0.4, -0.2) is 26.2 Å². The molecule has 1 aromatic heterocycles. The van der Waals surface area contributed by atoms with Gasteiger partial charge in [0.25, 0.3) is 0 Å². The lowest BCUT2D eigenvalue weighted by Gasteiger charge is -2.32. The van der Waals surface area contributed by atoms with Crippen molar-refractivity contribution in [3.05, 3.63) is 151 Å². The summed E-state index contributed by atoms with van der Waals surface area (Å²) in [4.78, 5) is 14.9. The Bertz CT molecular complexity index is 1670. The third-order valence-corrected chi connectivity index (χ3v) is 11.1. The molecule has 0 amide bonds. The van der Waals surface area contributed by atoms with Crippen LogP contribution in [0.5, 0.6) is 0 Å². The van der Waals surface area contributed by atoms with E-state index < -0.39 is 6.89 Å². The number of nitrogens with zero attached hydrogens (tertiary/aromatic N) is 3. The third kappa shape index (κ3) is 4.00. The van der Waals surface area contributed by atoms with Crippen molar-refractivity contribution in [2.45, 2.75) is 6.92 Å². The first-order valence-electron chi connectivity index (χ1n) is 12.6. The fourth-order valence-electron chi connectivity index (χ4n) is 5.02. The molecule has 0 unspecified atom stereocenters. The maximum atomic E-state index is 14.9. The van der Waals surface area contributed by atoms with E-state index >= 15 is 0 Å². The number of rotatable bonds is 6. The zero-order valence-corrected chi connectivity index (χ0v) is 21.9. The minimum atomic E-state index is -2.76. The van der Waals surface area contributed by atoms with Gasteiger partial charge in [-0.1, -0.05) is 138 Å². The molecular weight excluding hydrogens is 485 g/mol. The van der Waals surface area contributed by atoms with Gasteiger partial charge in [-0.2, -0.15) is 0 Å². The minimum absolute atomic E-state index is 0.0643. The van der Waals surface area contributed by atoms with Crippen molar-refractivity contribution in [2.24, 2.45) is 0 Å². The van der Waals surface area contributed by atoms with E-state index in [4.69, 9.17) is 0 Å². The molecule has 0 bridgehead atoms. The summed E-state index contributed by atoms with van der Waals surface area (Å²) in [5.74, 6) is -0.0643. The van der Waals surface area contributed by atoms with Crippen LogP contribution in [0.1, 0.15) is 15.9 Å². The zero-order valence-electron chi connectivity index (χ0n) is 21.0. The Morgan fingerprint density at radius 3 is 1.61 bits per heavy atom. The van der Waals surface area contributed by atoms with Gasteiger partial charge in [0.2, 0.25) is 5.78 Å². The van der Waals surface area contributed by atoms with E-state index in [0.717, 1.165) is 32.5 Å². The zero-order chi connectivity index (χ0) is 26.0. The van der Waals surface area contributed by atoms with E-state index in [2.05, 4.69) is 46.7 Å². The molecule has 0 spiro atoms. The second-order valence-corrected chi connectivity index (χ2v) is 12.5. The molecule has 184 valence electrons. The van der Waals surface area contributed by atoms with Crippen molar-refractivity contribution in [3.8, 4) is 0 Å². The van der Waals surface area contributed by atoms with Crippen LogP contribution in [0.25, 0.3) is 11.0 Å². The smallest absolute Gasteiger partial charge is 0.212 e. The van der Waals surface area contributed by atoms with E-state index in [1.54, 1.807) is 4.68 Å². The average molecular weight is 512 g/mol. The molecule has 0 aliphatic heterocycles. The summed E-state index contributed by atoms with van der Waals surface area (Å²) in [5.41, 5.74) is 3.88. The van der Waals surface area contributed by atoms with Gasteiger partial charge < -0.3 is 0 Å². The normalized spacial score (nSPS) is 11.4. The summed E-state index contributed by atoms with van der Waals surface area (Å²) in [7, 11) is 0. The van der Waals surface area contributed by atoms with Gasteiger partial charge in [-0.15, -0.1) is 5.10 Å². The number of benzene rings is 5. The Morgan fingerprint density at radius 1 is 0.605 bits per heavy atom. The first-order chi connectivity index (χ1) is 18.7. The summed E-state index contributed by atoms with van der Waals surface area (Å²) < 4.78 is 1.79. The van der Waals surface area contributed by atoms with Gasteiger partial charge in [0.05, 0.1) is 5.52 Å². The van der Waals surface area contributed by atoms with Crippen LogP contribution in [0.4, 0.5) is 0 Å². The maximum absolute atomic E-state index is 14.9. The lowest BCUT2D eigenvalue weighted by molar-refractivity contribution is 0.106. The second-order valence-electron chi connectivity index (χ2n) is 9.19. The number of hydrogen-bond donors (Lipinski definition) is 0. The Hall–Kier alpha value is -4.53. The SMILES string of the molecule is Cc1ccc(C(=O)C(n2nnc3ccccc32)=P(c2ccccc2)(c2ccccc2)c2ccccc2)cc1. The Balaban J connectivity index is 1.89. The molecule has 0 saturated heterocycles. The van der Waals surface area contributed by atoms with Crippen LogP contribution in [0.15, 0.2) is 140 Å². The molecule has 0 atom stereocenters. The molecule has 0 fully saturated rings. The number of carbonyl (C=O) groups excluding carboxylic acids is 1. The lowest BCUT2D eigenvalue weighted by atomic mass is 10.1. The highest BCUT2D eigenvalue weighted by atomic mass is 31.2. The van der Waals surface area contributed by atoms with Crippen LogP contribution in [0.3, 0.4) is 0 Å². The first kappa shape index (κ1) is 23.8. The topological polar surface area (TPSA) is 47.8 Å². The van der Waals surface area contributed by atoms with E-state index in [-0.39, 0.29) is 5.78 Å². The molecule has 5 heteroatoms. The van der Waals surface area contributed by atoms with Crippen LogP contribution >= 0.6 is 6.89 Å². The summed E-state index contributed by atoms with van der Waals surface area (Å²) in [6.07, 6.45) is 0. The molecule has 0 N–H and O–H groups in total.